The van der Waals surface area contributed by atoms with E-state index in [1.165, 1.54) is 0 Å². The van der Waals surface area contributed by atoms with Gasteiger partial charge in [0.05, 0.1) is 25.1 Å². The van der Waals surface area contributed by atoms with Gasteiger partial charge >= 0.3 is 0 Å². The summed E-state index contributed by atoms with van der Waals surface area (Å²) in [5.41, 5.74) is 0.899. The van der Waals surface area contributed by atoms with Gasteiger partial charge in [0.1, 0.15) is 0 Å². The molecule has 0 saturated heterocycles. The zero-order valence-corrected chi connectivity index (χ0v) is 12.7. The highest BCUT2D eigenvalue weighted by Crippen LogP contribution is 2.20. The second-order valence-electron chi connectivity index (χ2n) is 4.41. The highest BCUT2D eigenvalue weighted by atomic mass is 35.7. The van der Waals surface area contributed by atoms with Crippen molar-refractivity contribution in [1.29, 1.82) is 0 Å². The average molecular weight is 307 g/mol. The van der Waals surface area contributed by atoms with Crippen molar-refractivity contribution in [2.75, 3.05) is 26.1 Å². The van der Waals surface area contributed by atoms with E-state index in [2.05, 4.69) is 0 Å². The second-order valence-corrected chi connectivity index (χ2v) is 7.23. The molecule has 4 nitrogen and oxygen atoms in total. The third-order valence-corrected chi connectivity index (χ3v) is 3.83. The maximum absolute atomic E-state index is 11.3. The number of benzene rings is 1. The monoisotopic (exact) mass is 306 g/mol. The van der Waals surface area contributed by atoms with Crippen molar-refractivity contribution >= 4 is 19.7 Å². The normalized spacial score (nSPS) is 15.1. The van der Waals surface area contributed by atoms with Crippen LogP contribution in [0, 0.1) is 0 Å². The molecule has 0 N–H and O–H groups in total. The molecule has 19 heavy (non-hydrogen) atoms. The third-order valence-electron chi connectivity index (χ3n) is 2.65. The molecule has 2 atom stereocenters. The second kappa shape index (κ2) is 7.85. The van der Waals surface area contributed by atoms with Gasteiger partial charge < -0.3 is 9.47 Å². The molecular formula is C13H19ClO4S. The van der Waals surface area contributed by atoms with Crippen LogP contribution in [0.5, 0.6) is 0 Å². The van der Waals surface area contributed by atoms with Crippen molar-refractivity contribution < 1.29 is 17.9 Å². The Bertz CT molecular complexity index is 461. The van der Waals surface area contributed by atoms with Crippen LogP contribution in [-0.4, -0.2) is 40.6 Å². The Hall–Kier alpha value is -0.620. The van der Waals surface area contributed by atoms with Gasteiger partial charge in [-0.05, 0) is 12.5 Å². The van der Waals surface area contributed by atoms with E-state index >= 15 is 0 Å². The van der Waals surface area contributed by atoms with Crippen LogP contribution in [0.4, 0.5) is 0 Å². The van der Waals surface area contributed by atoms with Gasteiger partial charge in [-0.25, -0.2) is 8.42 Å². The van der Waals surface area contributed by atoms with Gasteiger partial charge in [0.25, 0.3) is 0 Å². The van der Waals surface area contributed by atoms with Crippen LogP contribution in [0.15, 0.2) is 30.3 Å². The summed E-state index contributed by atoms with van der Waals surface area (Å²) < 4.78 is 33.1. The van der Waals surface area contributed by atoms with Gasteiger partial charge in [-0.2, -0.15) is 0 Å². The molecular weight excluding hydrogens is 288 g/mol. The molecule has 108 valence electrons. The summed E-state index contributed by atoms with van der Waals surface area (Å²) in [5, 5.41) is 0. The van der Waals surface area contributed by atoms with Gasteiger partial charge in [0, 0.05) is 23.7 Å². The molecule has 0 aromatic heterocycles. The number of rotatable bonds is 8. The highest BCUT2D eigenvalue weighted by Gasteiger charge is 2.20. The fourth-order valence-corrected chi connectivity index (χ4v) is 2.99. The highest BCUT2D eigenvalue weighted by molar-refractivity contribution is 8.13. The first-order chi connectivity index (χ1) is 8.92. The van der Waals surface area contributed by atoms with E-state index in [0.717, 1.165) is 5.56 Å². The number of methoxy groups -OCH3 is 1. The molecule has 0 spiro atoms. The molecule has 6 heteroatoms. The van der Waals surface area contributed by atoms with E-state index in [-0.39, 0.29) is 17.8 Å². The summed E-state index contributed by atoms with van der Waals surface area (Å²) in [6.45, 7) is 2.64. The van der Waals surface area contributed by atoms with E-state index in [4.69, 9.17) is 20.2 Å². The molecule has 0 heterocycles. The van der Waals surface area contributed by atoms with Gasteiger partial charge in [0.15, 0.2) is 0 Å². The van der Waals surface area contributed by atoms with Crippen LogP contribution in [0.25, 0.3) is 0 Å². The number of hydrogen-bond donors (Lipinski definition) is 0. The van der Waals surface area contributed by atoms with Crippen molar-refractivity contribution in [3.63, 3.8) is 0 Å². The molecule has 0 fully saturated rings. The Morgan fingerprint density at radius 2 is 1.84 bits per heavy atom. The molecule has 0 amide bonds. The van der Waals surface area contributed by atoms with Crippen LogP contribution >= 0.6 is 10.7 Å². The van der Waals surface area contributed by atoms with Gasteiger partial charge in [0.2, 0.25) is 9.05 Å². The number of ether oxygens (including phenoxy) is 2. The van der Waals surface area contributed by atoms with Gasteiger partial charge in [-0.1, -0.05) is 30.3 Å². The Balaban J connectivity index is 2.71. The molecule has 0 bridgehead atoms. The zero-order valence-electron chi connectivity index (χ0n) is 11.1. The molecule has 0 saturated carbocycles. The van der Waals surface area contributed by atoms with Crippen molar-refractivity contribution in [2.45, 2.75) is 18.9 Å². The van der Waals surface area contributed by atoms with Crippen molar-refractivity contribution in [3.8, 4) is 0 Å². The van der Waals surface area contributed by atoms with Crippen LogP contribution in [0.3, 0.4) is 0 Å². The topological polar surface area (TPSA) is 52.6 Å². The molecule has 2 unspecified atom stereocenters. The third kappa shape index (κ3) is 6.92. The van der Waals surface area contributed by atoms with E-state index in [9.17, 15) is 8.42 Å². The summed E-state index contributed by atoms with van der Waals surface area (Å²) in [5.74, 6) is -0.416. The average Bonchev–Trinajstić information content (AvgIpc) is 2.34. The lowest BCUT2D eigenvalue weighted by Crippen LogP contribution is -2.22. The van der Waals surface area contributed by atoms with Crippen LogP contribution < -0.4 is 0 Å². The van der Waals surface area contributed by atoms with Crippen molar-refractivity contribution in [2.24, 2.45) is 0 Å². The quantitative estimate of drug-likeness (QED) is 0.692. The van der Waals surface area contributed by atoms with Crippen molar-refractivity contribution in [3.05, 3.63) is 35.9 Å². The first-order valence-corrected chi connectivity index (χ1v) is 8.48. The first kappa shape index (κ1) is 16.4. The molecule has 0 aliphatic rings. The number of halogens is 1. The Morgan fingerprint density at radius 1 is 1.21 bits per heavy atom. The smallest absolute Gasteiger partial charge is 0.233 e. The molecule has 0 radical (unpaired) electrons. The summed E-state index contributed by atoms with van der Waals surface area (Å²) in [4.78, 5) is 0. The lowest BCUT2D eigenvalue weighted by molar-refractivity contribution is 0.00466. The summed E-state index contributed by atoms with van der Waals surface area (Å²) in [6, 6.07) is 9.35. The molecule has 1 rings (SSSR count). The molecule has 1 aromatic carbocycles. The van der Waals surface area contributed by atoms with Crippen LogP contribution in [0.2, 0.25) is 0 Å². The standard InChI is InChI=1S/C13H19ClO4S/c1-11(8-17-2)18-9-13(10-19(14,15)16)12-6-4-3-5-7-12/h3-7,11,13H,8-10H2,1-2H3. The Kier molecular flexibility index (Phi) is 6.79. The predicted octanol–water partition coefficient (Wildman–Crippen LogP) is 2.39. The van der Waals surface area contributed by atoms with E-state index < -0.39 is 9.05 Å². The van der Waals surface area contributed by atoms with E-state index in [1.807, 2.05) is 37.3 Å². The number of hydrogen-bond acceptors (Lipinski definition) is 4. The Labute approximate surface area is 119 Å². The molecule has 0 aliphatic heterocycles. The fraction of sp³-hybridized carbons (Fsp3) is 0.538. The SMILES string of the molecule is COCC(C)OCC(CS(=O)(=O)Cl)c1ccccc1. The lowest BCUT2D eigenvalue weighted by atomic mass is 10.0. The molecule has 1 aromatic rings. The van der Waals surface area contributed by atoms with Gasteiger partial charge in [-0.15, -0.1) is 0 Å². The molecule has 0 aliphatic carbocycles. The summed E-state index contributed by atoms with van der Waals surface area (Å²) >= 11 is 0. The largest absolute Gasteiger partial charge is 0.382 e. The van der Waals surface area contributed by atoms with Crippen LogP contribution in [0.1, 0.15) is 18.4 Å². The minimum absolute atomic E-state index is 0.0887. The minimum atomic E-state index is -3.57. The van der Waals surface area contributed by atoms with E-state index in [1.54, 1.807) is 7.11 Å². The van der Waals surface area contributed by atoms with Gasteiger partial charge in [-0.3, -0.25) is 0 Å². The maximum Gasteiger partial charge on any atom is 0.233 e. The zero-order chi connectivity index (χ0) is 14.3. The summed E-state index contributed by atoms with van der Waals surface area (Å²) in [7, 11) is 3.37. The first-order valence-electron chi connectivity index (χ1n) is 6.00. The lowest BCUT2D eigenvalue weighted by Gasteiger charge is -2.19. The predicted molar refractivity (Wildman–Crippen MR) is 76.1 cm³/mol. The summed E-state index contributed by atoms with van der Waals surface area (Å²) in [6.07, 6.45) is -0.0887. The Morgan fingerprint density at radius 3 is 2.37 bits per heavy atom. The fourth-order valence-electron chi connectivity index (χ4n) is 1.77. The van der Waals surface area contributed by atoms with E-state index in [0.29, 0.717) is 13.2 Å². The maximum atomic E-state index is 11.3. The van der Waals surface area contributed by atoms with Crippen molar-refractivity contribution in [1.82, 2.24) is 0 Å². The minimum Gasteiger partial charge on any atom is -0.382 e. The van der Waals surface area contributed by atoms with Crippen LogP contribution in [-0.2, 0) is 18.5 Å².